The van der Waals surface area contributed by atoms with Crippen molar-refractivity contribution in [3.05, 3.63) is 16.0 Å². The van der Waals surface area contributed by atoms with Crippen LogP contribution >= 0.6 is 11.3 Å². The Kier molecular flexibility index (Phi) is 7.20. The van der Waals surface area contributed by atoms with Gasteiger partial charge >= 0.3 is 5.97 Å². The third-order valence-corrected chi connectivity index (χ3v) is 5.04. The zero-order valence-electron chi connectivity index (χ0n) is 14.6. The number of hydrogen-bond donors (Lipinski definition) is 2. The van der Waals surface area contributed by atoms with Crippen LogP contribution in [0.4, 0.5) is 5.00 Å². The molecule has 2 rings (SSSR count). The maximum Gasteiger partial charge on any atom is 0.341 e. The van der Waals surface area contributed by atoms with Gasteiger partial charge in [0.25, 0.3) is 0 Å². The fraction of sp³-hybridized carbons (Fsp3) is 0.647. The van der Waals surface area contributed by atoms with Crippen LogP contribution in [0.1, 0.15) is 47.5 Å². The second-order valence-corrected chi connectivity index (χ2v) is 6.95. The zero-order chi connectivity index (χ0) is 17.5. The van der Waals surface area contributed by atoms with Crippen molar-refractivity contribution in [2.24, 2.45) is 0 Å². The molecule has 1 saturated heterocycles. The molecule has 2 heterocycles. The van der Waals surface area contributed by atoms with Gasteiger partial charge < -0.3 is 20.1 Å². The summed E-state index contributed by atoms with van der Waals surface area (Å²) in [6, 6.07) is 0. The van der Waals surface area contributed by atoms with Gasteiger partial charge in [-0.15, -0.1) is 11.3 Å². The first-order valence-corrected chi connectivity index (χ1v) is 9.30. The molecule has 0 spiro atoms. The van der Waals surface area contributed by atoms with Crippen LogP contribution in [0.5, 0.6) is 0 Å². The van der Waals surface area contributed by atoms with Crippen LogP contribution in [-0.2, 0) is 20.7 Å². The molecule has 0 radical (unpaired) electrons. The van der Waals surface area contributed by atoms with Gasteiger partial charge in [-0.2, -0.15) is 0 Å². The van der Waals surface area contributed by atoms with Crippen molar-refractivity contribution in [1.82, 2.24) is 5.32 Å². The molecule has 0 aliphatic carbocycles. The molecule has 24 heavy (non-hydrogen) atoms. The monoisotopic (exact) mass is 354 g/mol. The van der Waals surface area contributed by atoms with Gasteiger partial charge in [-0.3, -0.25) is 4.79 Å². The van der Waals surface area contributed by atoms with E-state index in [-0.39, 0.29) is 24.5 Å². The van der Waals surface area contributed by atoms with E-state index in [9.17, 15) is 9.59 Å². The minimum Gasteiger partial charge on any atom is -0.462 e. The van der Waals surface area contributed by atoms with Crippen molar-refractivity contribution in [2.45, 2.75) is 46.1 Å². The molecular formula is C17H26N2O4S. The number of hydrogen-bond acceptors (Lipinski definition) is 6. The maximum atomic E-state index is 12.2. The fourth-order valence-corrected chi connectivity index (χ4v) is 3.98. The van der Waals surface area contributed by atoms with E-state index in [1.54, 1.807) is 6.92 Å². The minimum atomic E-state index is -0.374. The van der Waals surface area contributed by atoms with Gasteiger partial charge in [-0.25, -0.2) is 4.79 Å². The molecule has 1 unspecified atom stereocenters. The molecule has 1 aromatic rings. The Morgan fingerprint density at radius 1 is 1.38 bits per heavy atom. The van der Waals surface area contributed by atoms with Gasteiger partial charge in [-0.1, -0.05) is 6.92 Å². The number of thiophene rings is 1. The molecule has 1 amide bonds. The predicted octanol–water partition coefficient (Wildman–Crippen LogP) is 2.50. The highest BCUT2D eigenvalue weighted by molar-refractivity contribution is 7.16. The number of carbonyl (C=O) groups is 2. The number of amides is 1. The van der Waals surface area contributed by atoms with Gasteiger partial charge in [0.05, 0.1) is 24.8 Å². The van der Waals surface area contributed by atoms with E-state index in [2.05, 4.69) is 10.6 Å². The minimum absolute atomic E-state index is 0.164. The van der Waals surface area contributed by atoms with Crippen LogP contribution in [0, 0.1) is 6.92 Å². The predicted molar refractivity (Wildman–Crippen MR) is 94.9 cm³/mol. The number of esters is 1. The van der Waals surface area contributed by atoms with E-state index < -0.39 is 0 Å². The molecule has 1 atom stereocenters. The van der Waals surface area contributed by atoms with Crippen LogP contribution in [0.2, 0.25) is 0 Å². The molecule has 0 saturated carbocycles. The molecule has 7 heteroatoms. The SMILES string of the molecule is CCOC(=O)c1c(NC(=O)CNCC2CCCO2)sc(C)c1CC. The molecule has 1 fully saturated rings. The first kappa shape index (κ1) is 18.9. The molecule has 6 nitrogen and oxygen atoms in total. The van der Waals surface area contributed by atoms with Gasteiger partial charge in [0.15, 0.2) is 0 Å². The smallest absolute Gasteiger partial charge is 0.341 e. The summed E-state index contributed by atoms with van der Waals surface area (Å²) in [5.74, 6) is -0.538. The standard InChI is InChI=1S/C17H26N2O4S/c1-4-13-11(3)24-16(15(13)17(21)22-5-2)19-14(20)10-18-9-12-7-6-8-23-12/h12,18H,4-10H2,1-3H3,(H,19,20). The van der Waals surface area contributed by atoms with E-state index >= 15 is 0 Å². The highest BCUT2D eigenvalue weighted by atomic mass is 32.1. The largest absolute Gasteiger partial charge is 0.462 e. The number of carbonyl (C=O) groups excluding carboxylic acids is 2. The zero-order valence-corrected chi connectivity index (χ0v) is 15.4. The summed E-state index contributed by atoms with van der Waals surface area (Å²) in [4.78, 5) is 25.4. The van der Waals surface area contributed by atoms with Gasteiger partial charge in [-0.05, 0) is 38.7 Å². The quantitative estimate of drug-likeness (QED) is 0.702. The van der Waals surface area contributed by atoms with Crippen LogP contribution in [0.25, 0.3) is 0 Å². The highest BCUT2D eigenvalue weighted by Gasteiger charge is 2.23. The second kappa shape index (κ2) is 9.15. The third-order valence-electron chi connectivity index (χ3n) is 3.98. The van der Waals surface area contributed by atoms with Crippen molar-refractivity contribution < 1.29 is 19.1 Å². The van der Waals surface area contributed by atoms with E-state index in [4.69, 9.17) is 9.47 Å². The lowest BCUT2D eigenvalue weighted by molar-refractivity contribution is -0.115. The Hall–Kier alpha value is -1.44. The van der Waals surface area contributed by atoms with Crippen LogP contribution in [0.3, 0.4) is 0 Å². The Bertz CT molecular complexity index is 579. The van der Waals surface area contributed by atoms with E-state index in [1.807, 2.05) is 13.8 Å². The molecule has 1 aromatic heterocycles. The molecule has 1 aliphatic rings. The number of aryl methyl sites for hydroxylation is 1. The summed E-state index contributed by atoms with van der Waals surface area (Å²) in [7, 11) is 0. The molecular weight excluding hydrogens is 328 g/mol. The second-order valence-electron chi connectivity index (χ2n) is 5.73. The van der Waals surface area contributed by atoms with E-state index in [0.29, 0.717) is 23.7 Å². The van der Waals surface area contributed by atoms with Crippen molar-refractivity contribution in [1.29, 1.82) is 0 Å². The van der Waals surface area contributed by atoms with Crippen LogP contribution < -0.4 is 10.6 Å². The molecule has 0 bridgehead atoms. The molecule has 1 aliphatic heterocycles. The number of rotatable bonds is 8. The van der Waals surface area contributed by atoms with Gasteiger partial charge in [0, 0.05) is 18.0 Å². The number of anilines is 1. The van der Waals surface area contributed by atoms with E-state index in [0.717, 1.165) is 36.3 Å². The average molecular weight is 354 g/mol. The lowest BCUT2D eigenvalue weighted by Gasteiger charge is -2.11. The Morgan fingerprint density at radius 2 is 2.17 bits per heavy atom. The first-order chi connectivity index (χ1) is 11.6. The van der Waals surface area contributed by atoms with Gasteiger partial charge in [0.2, 0.25) is 5.91 Å². The van der Waals surface area contributed by atoms with Crippen LogP contribution in [0.15, 0.2) is 0 Å². The Labute approximate surface area is 146 Å². The maximum absolute atomic E-state index is 12.2. The lowest BCUT2D eigenvalue weighted by Crippen LogP contribution is -2.33. The van der Waals surface area contributed by atoms with Crippen molar-refractivity contribution in [3.63, 3.8) is 0 Å². The molecule has 2 N–H and O–H groups in total. The van der Waals surface area contributed by atoms with Crippen molar-refractivity contribution >= 4 is 28.2 Å². The normalized spacial score (nSPS) is 17.0. The highest BCUT2D eigenvalue weighted by Crippen LogP contribution is 2.34. The summed E-state index contributed by atoms with van der Waals surface area (Å²) in [5.41, 5.74) is 1.44. The summed E-state index contributed by atoms with van der Waals surface area (Å²) in [6.07, 6.45) is 3.04. The summed E-state index contributed by atoms with van der Waals surface area (Å²) < 4.78 is 10.6. The summed E-state index contributed by atoms with van der Waals surface area (Å²) in [6.45, 7) is 7.70. The van der Waals surface area contributed by atoms with Crippen molar-refractivity contribution in [2.75, 3.05) is 31.6 Å². The third kappa shape index (κ3) is 4.78. The topological polar surface area (TPSA) is 76.7 Å². The summed E-state index contributed by atoms with van der Waals surface area (Å²) >= 11 is 1.42. The molecule has 0 aromatic carbocycles. The first-order valence-electron chi connectivity index (χ1n) is 8.48. The van der Waals surface area contributed by atoms with E-state index in [1.165, 1.54) is 11.3 Å². The number of nitrogens with one attached hydrogen (secondary N) is 2. The molecule has 134 valence electrons. The van der Waals surface area contributed by atoms with Gasteiger partial charge in [0.1, 0.15) is 5.00 Å². The Morgan fingerprint density at radius 3 is 2.79 bits per heavy atom. The lowest BCUT2D eigenvalue weighted by atomic mass is 10.1. The van der Waals surface area contributed by atoms with Crippen LogP contribution in [-0.4, -0.2) is 44.3 Å². The number of ether oxygens (including phenoxy) is 2. The average Bonchev–Trinajstić information content (AvgIpc) is 3.15. The Balaban J connectivity index is 1.97. The van der Waals surface area contributed by atoms with Crippen molar-refractivity contribution in [3.8, 4) is 0 Å². The fourth-order valence-electron chi connectivity index (χ4n) is 2.83. The summed E-state index contributed by atoms with van der Waals surface area (Å²) in [5, 5.41) is 6.53.